The molecular formula is C23H19N5O. The lowest BCUT2D eigenvalue weighted by Crippen LogP contribution is -2.12. The number of nitrogens with one attached hydrogen (secondary N) is 1. The van der Waals surface area contributed by atoms with Gasteiger partial charge in [0.05, 0.1) is 11.9 Å². The Labute approximate surface area is 167 Å². The Morgan fingerprint density at radius 2 is 1.93 bits per heavy atom. The van der Waals surface area contributed by atoms with Crippen LogP contribution in [0, 0.1) is 0 Å². The summed E-state index contributed by atoms with van der Waals surface area (Å²) < 4.78 is 3.87. The Morgan fingerprint density at radius 3 is 2.76 bits per heavy atom. The van der Waals surface area contributed by atoms with Crippen LogP contribution in [0.3, 0.4) is 0 Å². The van der Waals surface area contributed by atoms with E-state index >= 15 is 0 Å². The molecule has 0 atom stereocenters. The molecule has 6 nitrogen and oxygen atoms in total. The minimum atomic E-state index is -0.230. The fourth-order valence-electron chi connectivity index (χ4n) is 3.63. The lowest BCUT2D eigenvalue weighted by molar-refractivity contribution is 0.102. The van der Waals surface area contributed by atoms with Crippen LogP contribution in [-0.2, 0) is 6.54 Å². The maximum absolute atomic E-state index is 12.9. The molecule has 2 aromatic carbocycles. The Morgan fingerprint density at radius 1 is 1.07 bits per heavy atom. The van der Waals surface area contributed by atoms with Crippen molar-refractivity contribution in [3.8, 4) is 11.3 Å². The number of aromatic nitrogens is 4. The highest BCUT2D eigenvalue weighted by Crippen LogP contribution is 2.23. The largest absolute Gasteiger partial charge is 0.348 e. The second kappa shape index (κ2) is 6.91. The molecule has 5 rings (SSSR count). The Kier molecular flexibility index (Phi) is 4.09. The first kappa shape index (κ1) is 17.2. The van der Waals surface area contributed by atoms with Gasteiger partial charge in [-0.2, -0.15) is 5.10 Å². The van der Waals surface area contributed by atoms with E-state index < -0.39 is 0 Å². The predicted octanol–water partition coefficient (Wildman–Crippen LogP) is 4.62. The molecule has 3 aromatic heterocycles. The molecule has 0 spiro atoms. The van der Waals surface area contributed by atoms with Gasteiger partial charge in [-0.3, -0.25) is 4.79 Å². The summed E-state index contributed by atoms with van der Waals surface area (Å²) in [5, 5.41) is 8.48. The molecule has 0 unspecified atom stereocenters. The quantitative estimate of drug-likeness (QED) is 0.494. The number of aryl methyl sites for hydroxylation is 1. The van der Waals surface area contributed by atoms with Gasteiger partial charge in [0.25, 0.3) is 5.91 Å². The highest BCUT2D eigenvalue weighted by Gasteiger charge is 2.16. The molecule has 142 valence electrons. The van der Waals surface area contributed by atoms with E-state index in [1.807, 2.05) is 54.6 Å². The average Bonchev–Trinajstić information content (AvgIpc) is 3.38. The van der Waals surface area contributed by atoms with Crippen molar-refractivity contribution in [1.29, 1.82) is 0 Å². The lowest BCUT2D eigenvalue weighted by atomic mass is 10.1. The number of anilines is 1. The molecule has 1 amide bonds. The Balaban J connectivity index is 1.49. The van der Waals surface area contributed by atoms with E-state index in [9.17, 15) is 4.79 Å². The summed E-state index contributed by atoms with van der Waals surface area (Å²) in [6.45, 7) is 3.02. The second-order valence-corrected chi connectivity index (χ2v) is 6.82. The lowest BCUT2D eigenvalue weighted by Gasteiger charge is -2.07. The number of fused-ring (bicyclic) bond motifs is 2. The average molecular weight is 381 g/mol. The van der Waals surface area contributed by atoms with E-state index in [1.165, 1.54) is 0 Å². The minimum absolute atomic E-state index is 0.230. The molecule has 0 bridgehead atoms. The normalized spacial score (nSPS) is 11.2. The summed E-state index contributed by atoms with van der Waals surface area (Å²) in [6, 6.07) is 19.8. The number of rotatable bonds is 4. The summed E-state index contributed by atoms with van der Waals surface area (Å²) in [5.74, 6) is -0.230. The highest BCUT2D eigenvalue weighted by atomic mass is 16.1. The van der Waals surface area contributed by atoms with Crippen LogP contribution in [0.1, 0.15) is 17.3 Å². The molecule has 0 aliphatic carbocycles. The highest BCUT2D eigenvalue weighted by molar-refractivity contribution is 6.08. The summed E-state index contributed by atoms with van der Waals surface area (Å²) in [7, 11) is 0. The van der Waals surface area contributed by atoms with E-state index in [-0.39, 0.29) is 5.91 Å². The molecule has 0 aliphatic rings. The zero-order valence-electron chi connectivity index (χ0n) is 15.9. The first-order valence-electron chi connectivity index (χ1n) is 9.53. The van der Waals surface area contributed by atoms with E-state index in [2.05, 4.69) is 39.2 Å². The number of hydrogen-bond donors (Lipinski definition) is 1. The SMILES string of the molecule is CCn1ccc2cc(NC(=O)c3cnn4c(-c5ccccc5)ccnc34)ccc21. The van der Waals surface area contributed by atoms with Crippen molar-refractivity contribution in [1.82, 2.24) is 19.2 Å². The summed E-state index contributed by atoms with van der Waals surface area (Å²) in [6.07, 6.45) is 5.32. The van der Waals surface area contributed by atoms with Gasteiger partial charge in [-0.05, 0) is 37.3 Å². The Hall–Kier alpha value is -3.93. The summed E-state index contributed by atoms with van der Waals surface area (Å²) >= 11 is 0. The third kappa shape index (κ3) is 2.95. The zero-order chi connectivity index (χ0) is 19.8. The van der Waals surface area contributed by atoms with Crippen molar-refractivity contribution < 1.29 is 4.79 Å². The predicted molar refractivity (Wildman–Crippen MR) is 114 cm³/mol. The summed E-state index contributed by atoms with van der Waals surface area (Å²) in [5.41, 5.74) is 4.76. The van der Waals surface area contributed by atoms with Gasteiger partial charge in [-0.1, -0.05) is 30.3 Å². The molecule has 0 fully saturated rings. The van der Waals surface area contributed by atoms with Gasteiger partial charge in [-0.15, -0.1) is 0 Å². The van der Waals surface area contributed by atoms with Gasteiger partial charge in [-0.25, -0.2) is 9.50 Å². The Bertz CT molecular complexity index is 1330. The van der Waals surface area contributed by atoms with Crippen LogP contribution in [0.25, 0.3) is 27.8 Å². The van der Waals surface area contributed by atoms with Gasteiger partial charge < -0.3 is 9.88 Å². The molecule has 6 heteroatoms. The number of hydrogen-bond acceptors (Lipinski definition) is 3. The molecule has 0 saturated carbocycles. The monoisotopic (exact) mass is 381 g/mol. The first-order chi connectivity index (χ1) is 14.2. The van der Waals surface area contributed by atoms with Crippen molar-refractivity contribution in [3.63, 3.8) is 0 Å². The standard InChI is InChI=1S/C23H19N5O/c1-2-27-13-11-17-14-18(8-9-20(17)27)26-23(29)19-15-25-28-21(10-12-24-22(19)28)16-6-4-3-5-7-16/h3-15H,2H2,1H3,(H,26,29). The number of carbonyl (C=O) groups is 1. The van der Waals surface area contributed by atoms with E-state index in [0.29, 0.717) is 11.2 Å². The third-order valence-electron chi connectivity index (χ3n) is 5.08. The first-order valence-corrected chi connectivity index (χ1v) is 9.53. The molecule has 0 saturated heterocycles. The number of amides is 1. The molecular weight excluding hydrogens is 362 g/mol. The molecule has 5 aromatic rings. The second-order valence-electron chi connectivity index (χ2n) is 6.82. The molecule has 29 heavy (non-hydrogen) atoms. The van der Waals surface area contributed by atoms with Crippen molar-refractivity contribution >= 4 is 28.1 Å². The minimum Gasteiger partial charge on any atom is -0.348 e. The van der Waals surface area contributed by atoms with E-state index in [4.69, 9.17) is 0 Å². The number of carbonyl (C=O) groups excluding carboxylic acids is 1. The third-order valence-corrected chi connectivity index (χ3v) is 5.08. The van der Waals surface area contributed by atoms with Crippen LogP contribution in [-0.4, -0.2) is 25.1 Å². The van der Waals surface area contributed by atoms with Crippen molar-refractivity contribution in [2.24, 2.45) is 0 Å². The zero-order valence-corrected chi connectivity index (χ0v) is 15.9. The fraction of sp³-hybridized carbons (Fsp3) is 0.0870. The van der Waals surface area contributed by atoms with Gasteiger partial charge >= 0.3 is 0 Å². The van der Waals surface area contributed by atoms with Gasteiger partial charge in [0.2, 0.25) is 0 Å². The van der Waals surface area contributed by atoms with Crippen LogP contribution in [0.4, 0.5) is 5.69 Å². The molecule has 0 aliphatic heterocycles. The maximum atomic E-state index is 12.9. The van der Waals surface area contributed by atoms with E-state index in [1.54, 1.807) is 16.9 Å². The molecule has 0 radical (unpaired) electrons. The molecule has 1 N–H and O–H groups in total. The van der Waals surface area contributed by atoms with Crippen molar-refractivity contribution in [3.05, 3.63) is 84.8 Å². The number of benzene rings is 2. The summed E-state index contributed by atoms with van der Waals surface area (Å²) in [4.78, 5) is 17.3. The van der Waals surface area contributed by atoms with Gasteiger partial charge in [0.1, 0.15) is 5.56 Å². The van der Waals surface area contributed by atoms with Crippen LogP contribution < -0.4 is 5.32 Å². The number of nitrogens with zero attached hydrogens (tertiary/aromatic N) is 4. The van der Waals surface area contributed by atoms with Crippen molar-refractivity contribution in [2.45, 2.75) is 13.5 Å². The van der Waals surface area contributed by atoms with Crippen LogP contribution in [0.5, 0.6) is 0 Å². The van der Waals surface area contributed by atoms with Crippen molar-refractivity contribution in [2.75, 3.05) is 5.32 Å². The smallest absolute Gasteiger partial charge is 0.261 e. The van der Waals surface area contributed by atoms with Crippen LogP contribution in [0.15, 0.2) is 79.3 Å². The van der Waals surface area contributed by atoms with Gasteiger partial charge in [0.15, 0.2) is 5.65 Å². The van der Waals surface area contributed by atoms with Crippen LogP contribution >= 0.6 is 0 Å². The van der Waals surface area contributed by atoms with E-state index in [0.717, 1.165) is 34.4 Å². The topological polar surface area (TPSA) is 64.2 Å². The fourth-order valence-corrected chi connectivity index (χ4v) is 3.63. The van der Waals surface area contributed by atoms with Crippen LogP contribution in [0.2, 0.25) is 0 Å². The van der Waals surface area contributed by atoms with Gasteiger partial charge in [0, 0.05) is 41.1 Å². The maximum Gasteiger partial charge on any atom is 0.261 e. The molecule has 3 heterocycles.